The van der Waals surface area contributed by atoms with Gasteiger partial charge in [-0.15, -0.1) is 0 Å². The second kappa shape index (κ2) is 7.61. The molecule has 134 valence electrons. The van der Waals surface area contributed by atoms with E-state index < -0.39 is 5.25 Å². The highest BCUT2D eigenvalue weighted by Gasteiger charge is 2.41. The number of anilines is 2. The maximum Gasteiger partial charge on any atom is 0.293 e. The molecule has 3 amide bonds. The Morgan fingerprint density at radius 1 is 1.15 bits per heavy atom. The third-order valence-corrected chi connectivity index (χ3v) is 5.06. The van der Waals surface area contributed by atoms with Crippen molar-refractivity contribution in [1.82, 2.24) is 0 Å². The number of amides is 3. The molecule has 1 aliphatic heterocycles. The molecule has 0 radical (unpaired) electrons. The first kappa shape index (κ1) is 18.0. The van der Waals surface area contributed by atoms with E-state index in [9.17, 15) is 14.4 Å². The van der Waals surface area contributed by atoms with E-state index in [-0.39, 0.29) is 23.5 Å². The number of thioether (sulfide) groups is 1. The molecule has 1 heterocycles. The molecule has 0 aromatic heterocycles. The smallest absolute Gasteiger partial charge is 0.293 e. The molecule has 2 aromatic carbocycles. The van der Waals surface area contributed by atoms with Gasteiger partial charge in [0, 0.05) is 12.1 Å². The van der Waals surface area contributed by atoms with Gasteiger partial charge in [0.25, 0.3) is 5.24 Å². The van der Waals surface area contributed by atoms with Gasteiger partial charge in [0.1, 0.15) is 11.0 Å². The summed E-state index contributed by atoms with van der Waals surface area (Å²) in [6, 6.07) is 14.1. The second-order valence-electron chi connectivity index (χ2n) is 5.81. The number of carbonyl (C=O) groups excluding carboxylic acids is 3. The fourth-order valence-electron chi connectivity index (χ4n) is 2.67. The summed E-state index contributed by atoms with van der Waals surface area (Å²) < 4.78 is 5.07. The maximum atomic E-state index is 12.6. The molecule has 1 fully saturated rings. The monoisotopic (exact) mass is 370 g/mol. The largest absolute Gasteiger partial charge is 0.497 e. The zero-order valence-corrected chi connectivity index (χ0v) is 15.2. The number of carbonyl (C=O) groups is 3. The lowest BCUT2D eigenvalue weighted by Gasteiger charge is -2.16. The van der Waals surface area contributed by atoms with Crippen LogP contribution < -0.4 is 15.0 Å². The molecule has 0 spiro atoms. The summed E-state index contributed by atoms with van der Waals surface area (Å²) in [5.41, 5.74) is 2.00. The van der Waals surface area contributed by atoms with Crippen LogP contribution >= 0.6 is 11.8 Å². The Hall–Kier alpha value is -2.80. The van der Waals surface area contributed by atoms with Crippen LogP contribution in [-0.4, -0.2) is 29.4 Å². The number of para-hydroxylation sites is 1. The normalized spacial score (nSPS) is 16.7. The van der Waals surface area contributed by atoms with Crippen molar-refractivity contribution in [1.29, 1.82) is 0 Å². The van der Waals surface area contributed by atoms with Crippen LogP contribution in [0.15, 0.2) is 48.5 Å². The van der Waals surface area contributed by atoms with Crippen molar-refractivity contribution >= 4 is 40.2 Å². The van der Waals surface area contributed by atoms with Gasteiger partial charge in [-0.2, -0.15) is 0 Å². The van der Waals surface area contributed by atoms with Gasteiger partial charge in [-0.1, -0.05) is 18.2 Å². The number of methoxy groups -OCH3 is 1. The lowest BCUT2D eigenvalue weighted by molar-refractivity contribution is -0.121. The molecule has 2 aromatic rings. The van der Waals surface area contributed by atoms with Crippen molar-refractivity contribution in [3.63, 3.8) is 0 Å². The Morgan fingerprint density at radius 2 is 1.85 bits per heavy atom. The van der Waals surface area contributed by atoms with Gasteiger partial charge < -0.3 is 10.1 Å². The summed E-state index contributed by atoms with van der Waals surface area (Å²) in [6.07, 6.45) is -0.0658. The van der Waals surface area contributed by atoms with Crippen molar-refractivity contribution in [3.8, 4) is 5.75 Å². The summed E-state index contributed by atoms with van der Waals surface area (Å²) in [4.78, 5) is 38.3. The predicted octanol–water partition coefficient (Wildman–Crippen LogP) is 3.60. The van der Waals surface area contributed by atoms with Crippen molar-refractivity contribution < 1.29 is 19.1 Å². The van der Waals surface area contributed by atoms with Crippen molar-refractivity contribution in [2.45, 2.75) is 18.6 Å². The molecule has 0 aliphatic carbocycles. The highest BCUT2D eigenvalue weighted by atomic mass is 32.2. The number of nitrogens with one attached hydrogen (secondary N) is 1. The van der Waals surface area contributed by atoms with E-state index in [0.717, 1.165) is 22.2 Å². The summed E-state index contributed by atoms with van der Waals surface area (Å²) >= 11 is 0.887. The number of hydrogen-bond acceptors (Lipinski definition) is 5. The van der Waals surface area contributed by atoms with E-state index in [4.69, 9.17) is 4.74 Å². The van der Waals surface area contributed by atoms with E-state index in [1.54, 1.807) is 43.5 Å². The Labute approximate surface area is 155 Å². The molecule has 6 nitrogen and oxygen atoms in total. The third-order valence-electron chi connectivity index (χ3n) is 4.02. The van der Waals surface area contributed by atoms with E-state index >= 15 is 0 Å². The Kier molecular flexibility index (Phi) is 5.27. The van der Waals surface area contributed by atoms with Gasteiger partial charge in [0.2, 0.25) is 11.8 Å². The maximum absolute atomic E-state index is 12.6. The molecule has 26 heavy (non-hydrogen) atoms. The number of hydrogen-bond donors (Lipinski definition) is 1. The van der Waals surface area contributed by atoms with Crippen molar-refractivity contribution in [2.75, 3.05) is 17.3 Å². The lowest BCUT2D eigenvalue weighted by Crippen LogP contribution is -2.33. The zero-order valence-electron chi connectivity index (χ0n) is 14.4. The predicted molar refractivity (Wildman–Crippen MR) is 102 cm³/mol. The van der Waals surface area contributed by atoms with Gasteiger partial charge in [-0.3, -0.25) is 14.4 Å². The van der Waals surface area contributed by atoms with Crippen LogP contribution in [0.3, 0.4) is 0 Å². The summed E-state index contributed by atoms with van der Waals surface area (Å²) in [7, 11) is 1.56. The van der Waals surface area contributed by atoms with E-state index in [1.165, 1.54) is 0 Å². The highest BCUT2D eigenvalue weighted by molar-refractivity contribution is 8.15. The average molecular weight is 370 g/mol. The zero-order chi connectivity index (χ0) is 18.7. The number of nitrogens with zero attached hydrogens (tertiary/aromatic N) is 1. The van der Waals surface area contributed by atoms with Gasteiger partial charge in [0.05, 0.1) is 12.8 Å². The second-order valence-corrected chi connectivity index (χ2v) is 6.97. The molecule has 0 saturated carbocycles. The molecule has 1 aliphatic rings. The Bertz CT molecular complexity index is 851. The Morgan fingerprint density at radius 3 is 2.50 bits per heavy atom. The lowest BCUT2D eigenvalue weighted by atomic mass is 10.1. The Balaban J connectivity index is 1.66. The molecular weight excluding hydrogens is 352 g/mol. The first-order valence-electron chi connectivity index (χ1n) is 8.03. The van der Waals surface area contributed by atoms with Crippen molar-refractivity contribution in [3.05, 3.63) is 54.1 Å². The molecule has 1 N–H and O–H groups in total. The van der Waals surface area contributed by atoms with Gasteiger partial charge in [-0.25, -0.2) is 4.90 Å². The standard InChI is InChI=1S/C19H18N2O4S/c1-12-5-3-4-6-15(12)21-18(23)16(26-19(21)24)11-17(22)20-13-7-9-14(25-2)10-8-13/h3-10,16H,11H2,1-2H3,(H,20,22). The van der Waals surface area contributed by atoms with E-state index in [0.29, 0.717) is 17.1 Å². The number of aryl methyl sites for hydroxylation is 1. The number of ether oxygens (including phenoxy) is 1. The first-order chi connectivity index (χ1) is 12.5. The molecule has 3 rings (SSSR count). The van der Waals surface area contributed by atoms with Gasteiger partial charge in [-0.05, 0) is 54.6 Å². The fraction of sp³-hybridized carbons (Fsp3) is 0.211. The molecule has 7 heteroatoms. The topological polar surface area (TPSA) is 75.7 Å². The average Bonchev–Trinajstić information content (AvgIpc) is 2.90. The quantitative estimate of drug-likeness (QED) is 0.870. The number of benzene rings is 2. The van der Waals surface area contributed by atoms with Crippen LogP contribution in [0.4, 0.5) is 16.2 Å². The molecule has 0 bridgehead atoms. The summed E-state index contributed by atoms with van der Waals surface area (Å²) in [5, 5.41) is 1.65. The number of rotatable bonds is 5. The first-order valence-corrected chi connectivity index (χ1v) is 8.91. The third kappa shape index (κ3) is 3.72. The SMILES string of the molecule is COc1ccc(NC(=O)CC2SC(=O)N(c3ccccc3C)C2=O)cc1. The number of imide groups is 1. The van der Waals surface area contributed by atoms with E-state index in [2.05, 4.69) is 5.32 Å². The van der Waals surface area contributed by atoms with Gasteiger partial charge >= 0.3 is 0 Å². The fourth-order valence-corrected chi connectivity index (χ4v) is 3.65. The summed E-state index contributed by atoms with van der Waals surface area (Å²) in [5.74, 6) is 0.00336. The summed E-state index contributed by atoms with van der Waals surface area (Å²) in [6.45, 7) is 1.84. The minimum absolute atomic E-state index is 0.0658. The van der Waals surface area contributed by atoms with Crippen LogP contribution in [0, 0.1) is 6.92 Å². The highest BCUT2D eigenvalue weighted by Crippen LogP contribution is 2.35. The minimum Gasteiger partial charge on any atom is -0.497 e. The van der Waals surface area contributed by atoms with Crippen LogP contribution in [0.1, 0.15) is 12.0 Å². The van der Waals surface area contributed by atoms with Gasteiger partial charge in [0.15, 0.2) is 0 Å². The van der Waals surface area contributed by atoms with E-state index in [1.807, 2.05) is 19.1 Å². The van der Waals surface area contributed by atoms with Crippen LogP contribution in [0.25, 0.3) is 0 Å². The molecule has 1 unspecified atom stereocenters. The molecule has 1 saturated heterocycles. The molecule has 1 atom stereocenters. The molecular formula is C19H18N2O4S. The van der Waals surface area contributed by atoms with Crippen LogP contribution in [0.2, 0.25) is 0 Å². The van der Waals surface area contributed by atoms with Crippen LogP contribution in [0.5, 0.6) is 5.75 Å². The van der Waals surface area contributed by atoms with Crippen LogP contribution in [-0.2, 0) is 9.59 Å². The minimum atomic E-state index is -0.722. The van der Waals surface area contributed by atoms with Crippen molar-refractivity contribution in [2.24, 2.45) is 0 Å².